The van der Waals surface area contributed by atoms with Gasteiger partial charge in [-0.25, -0.2) is 8.78 Å². The molecule has 0 unspecified atom stereocenters. The van der Waals surface area contributed by atoms with Gasteiger partial charge >= 0.3 is 0 Å². The van der Waals surface area contributed by atoms with Crippen LogP contribution in [0.4, 0.5) is 19.0 Å². The van der Waals surface area contributed by atoms with Crippen LogP contribution < -0.4 is 4.90 Å². The zero-order chi connectivity index (χ0) is 12.4. The first-order valence-corrected chi connectivity index (χ1v) is 5.60. The molecule has 1 aromatic rings. The van der Waals surface area contributed by atoms with Gasteiger partial charge in [0.1, 0.15) is 0 Å². The number of hydrogen-bond acceptors (Lipinski definition) is 3. The van der Waals surface area contributed by atoms with Crippen LogP contribution in [-0.2, 0) is 0 Å². The maximum absolute atomic E-state index is 13.5. The van der Waals surface area contributed by atoms with Crippen molar-refractivity contribution in [3.05, 3.63) is 23.6 Å². The lowest BCUT2D eigenvalue weighted by atomic mass is 10.3. The Hall–Kier alpha value is -1.30. The van der Waals surface area contributed by atoms with Crippen LogP contribution >= 0.6 is 0 Å². The Bertz CT molecular complexity index is 403. The number of likely N-dealkylation sites (N-methyl/N-ethyl adjacent to an activating group) is 1. The zero-order valence-corrected chi connectivity index (χ0v) is 9.59. The van der Waals surface area contributed by atoms with Crippen LogP contribution in [0.2, 0.25) is 0 Å². The Kier molecular flexibility index (Phi) is 3.51. The number of rotatable bonds is 2. The van der Waals surface area contributed by atoms with E-state index in [1.807, 2.05) is 6.92 Å². The standard InChI is InChI=1S/C11H14F3N3/c1-2-16-3-5-17(6-4-16)11-9(13)7-8(12)10(14)15-11/h7H,2-6H2,1H3. The second-order valence-corrected chi connectivity index (χ2v) is 3.99. The lowest BCUT2D eigenvalue weighted by Crippen LogP contribution is -2.46. The number of aromatic nitrogens is 1. The number of piperazine rings is 1. The summed E-state index contributed by atoms with van der Waals surface area (Å²) in [5.41, 5.74) is 0. The summed E-state index contributed by atoms with van der Waals surface area (Å²) in [6.45, 7) is 5.67. The van der Waals surface area contributed by atoms with Crippen LogP contribution in [0.3, 0.4) is 0 Å². The molecule has 1 saturated heterocycles. The number of pyridine rings is 1. The molecule has 2 heterocycles. The van der Waals surface area contributed by atoms with Crippen molar-refractivity contribution in [3.8, 4) is 0 Å². The van der Waals surface area contributed by atoms with Crippen molar-refractivity contribution in [1.29, 1.82) is 0 Å². The topological polar surface area (TPSA) is 19.4 Å². The predicted octanol–water partition coefficient (Wildman–Crippen LogP) is 1.64. The molecule has 0 saturated carbocycles. The van der Waals surface area contributed by atoms with Gasteiger partial charge in [0.15, 0.2) is 17.5 Å². The first-order valence-electron chi connectivity index (χ1n) is 5.60. The molecule has 1 aromatic heterocycles. The molecule has 0 spiro atoms. The Balaban J connectivity index is 2.16. The van der Waals surface area contributed by atoms with Crippen molar-refractivity contribution in [2.75, 3.05) is 37.6 Å². The molecule has 6 heteroatoms. The summed E-state index contributed by atoms with van der Waals surface area (Å²) in [6.07, 6.45) is 0. The fourth-order valence-corrected chi connectivity index (χ4v) is 1.93. The van der Waals surface area contributed by atoms with Crippen LogP contribution in [0.15, 0.2) is 6.07 Å². The minimum absolute atomic E-state index is 0.0975. The van der Waals surface area contributed by atoms with E-state index in [1.54, 1.807) is 4.90 Å². The van der Waals surface area contributed by atoms with Gasteiger partial charge < -0.3 is 9.80 Å². The number of nitrogens with zero attached hydrogens (tertiary/aromatic N) is 3. The van der Waals surface area contributed by atoms with E-state index in [1.165, 1.54) is 0 Å². The van der Waals surface area contributed by atoms with Crippen molar-refractivity contribution in [2.45, 2.75) is 6.92 Å². The smallest absolute Gasteiger partial charge is 0.251 e. The van der Waals surface area contributed by atoms with Crippen LogP contribution in [0.1, 0.15) is 6.92 Å². The van der Waals surface area contributed by atoms with Gasteiger partial charge in [-0.3, -0.25) is 0 Å². The highest BCUT2D eigenvalue weighted by atomic mass is 19.2. The van der Waals surface area contributed by atoms with E-state index in [4.69, 9.17) is 0 Å². The molecule has 2 rings (SSSR count). The predicted molar refractivity (Wildman–Crippen MR) is 58.4 cm³/mol. The van der Waals surface area contributed by atoms with E-state index in [0.717, 1.165) is 19.6 Å². The van der Waals surface area contributed by atoms with E-state index >= 15 is 0 Å². The van der Waals surface area contributed by atoms with Crippen molar-refractivity contribution in [3.63, 3.8) is 0 Å². The van der Waals surface area contributed by atoms with Crippen LogP contribution in [0, 0.1) is 17.6 Å². The third-order valence-corrected chi connectivity index (χ3v) is 2.99. The van der Waals surface area contributed by atoms with Gasteiger partial charge in [0.2, 0.25) is 0 Å². The highest BCUT2D eigenvalue weighted by Gasteiger charge is 2.21. The van der Waals surface area contributed by atoms with Gasteiger partial charge in [0.25, 0.3) is 5.95 Å². The molecule has 1 aliphatic heterocycles. The lowest BCUT2D eigenvalue weighted by Gasteiger charge is -2.34. The second-order valence-electron chi connectivity index (χ2n) is 3.99. The van der Waals surface area contributed by atoms with Crippen molar-refractivity contribution >= 4 is 5.82 Å². The molecule has 0 atom stereocenters. The molecule has 0 radical (unpaired) electrons. The monoisotopic (exact) mass is 245 g/mol. The van der Waals surface area contributed by atoms with Gasteiger partial charge in [-0.2, -0.15) is 9.37 Å². The van der Waals surface area contributed by atoms with Crippen molar-refractivity contribution < 1.29 is 13.2 Å². The summed E-state index contributed by atoms with van der Waals surface area (Å²) >= 11 is 0. The third kappa shape index (κ3) is 2.52. The highest BCUT2D eigenvalue weighted by Crippen LogP contribution is 2.20. The molecule has 1 fully saturated rings. The molecule has 0 N–H and O–H groups in total. The lowest BCUT2D eigenvalue weighted by molar-refractivity contribution is 0.269. The molecule has 3 nitrogen and oxygen atoms in total. The maximum Gasteiger partial charge on any atom is 0.251 e. The van der Waals surface area contributed by atoms with Gasteiger partial charge in [-0.05, 0) is 6.54 Å². The van der Waals surface area contributed by atoms with E-state index in [2.05, 4.69) is 9.88 Å². The van der Waals surface area contributed by atoms with Gasteiger partial charge in [0.05, 0.1) is 0 Å². The first kappa shape index (κ1) is 12.2. The van der Waals surface area contributed by atoms with Crippen LogP contribution in [-0.4, -0.2) is 42.6 Å². The number of anilines is 1. The second kappa shape index (κ2) is 4.91. The van der Waals surface area contributed by atoms with Crippen LogP contribution in [0.25, 0.3) is 0 Å². The minimum Gasteiger partial charge on any atom is -0.352 e. The first-order chi connectivity index (χ1) is 8.11. The average molecular weight is 245 g/mol. The molecular formula is C11H14F3N3. The molecule has 0 aliphatic carbocycles. The summed E-state index contributed by atoms with van der Waals surface area (Å²) in [5, 5.41) is 0. The molecule has 0 bridgehead atoms. The quantitative estimate of drug-likeness (QED) is 0.738. The SMILES string of the molecule is CCN1CCN(c2nc(F)c(F)cc2F)CC1. The molecule has 0 amide bonds. The molecule has 17 heavy (non-hydrogen) atoms. The van der Waals surface area contributed by atoms with E-state index < -0.39 is 17.6 Å². The average Bonchev–Trinajstić information content (AvgIpc) is 2.34. The summed E-state index contributed by atoms with van der Waals surface area (Å²) in [5.74, 6) is -3.41. The van der Waals surface area contributed by atoms with E-state index in [0.29, 0.717) is 19.2 Å². The van der Waals surface area contributed by atoms with Crippen molar-refractivity contribution in [1.82, 2.24) is 9.88 Å². The van der Waals surface area contributed by atoms with Crippen molar-refractivity contribution in [2.24, 2.45) is 0 Å². The zero-order valence-electron chi connectivity index (χ0n) is 9.59. The number of halogens is 3. The van der Waals surface area contributed by atoms with Gasteiger partial charge in [-0.15, -0.1) is 0 Å². The summed E-state index contributed by atoms with van der Waals surface area (Å²) < 4.78 is 39.2. The largest absolute Gasteiger partial charge is 0.352 e. The minimum atomic E-state index is -1.25. The van der Waals surface area contributed by atoms with E-state index in [-0.39, 0.29) is 5.82 Å². The molecule has 0 aromatic carbocycles. The Morgan fingerprint density at radius 3 is 2.35 bits per heavy atom. The fraction of sp³-hybridized carbons (Fsp3) is 0.545. The maximum atomic E-state index is 13.5. The summed E-state index contributed by atoms with van der Waals surface area (Å²) in [4.78, 5) is 7.18. The molecular weight excluding hydrogens is 231 g/mol. The summed E-state index contributed by atoms with van der Waals surface area (Å²) in [6, 6.07) is 0.545. The number of hydrogen-bond donors (Lipinski definition) is 0. The fourth-order valence-electron chi connectivity index (χ4n) is 1.93. The van der Waals surface area contributed by atoms with Gasteiger partial charge in [-0.1, -0.05) is 6.92 Å². The highest BCUT2D eigenvalue weighted by molar-refractivity contribution is 5.40. The van der Waals surface area contributed by atoms with Gasteiger partial charge in [0, 0.05) is 32.2 Å². The Morgan fingerprint density at radius 1 is 1.12 bits per heavy atom. The van der Waals surface area contributed by atoms with Crippen LogP contribution in [0.5, 0.6) is 0 Å². The summed E-state index contributed by atoms with van der Waals surface area (Å²) in [7, 11) is 0. The van der Waals surface area contributed by atoms with E-state index in [9.17, 15) is 13.2 Å². The normalized spacial score (nSPS) is 17.5. The third-order valence-electron chi connectivity index (χ3n) is 2.99. The Labute approximate surface area is 97.9 Å². The molecule has 94 valence electrons. The Morgan fingerprint density at radius 2 is 1.76 bits per heavy atom. The molecule has 1 aliphatic rings.